The molecular weight excluding hydrogens is 309 g/mol. The average Bonchev–Trinajstić information content (AvgIpc) is 2.30. The van der Waals surface area contributed by atoms with Crippen LogP contribution in [0.2, 0.25) is 0 Å². The monoisotopic (exact) mass is 323 g/mol. The van der Waals surface area contributed by atoms with Gasteiger partial charge in [-0.2, -0.15) is 0 Å². The van der Waals surface area contributed by atoms with Gasteiger partial charge in [-0.3, -0.25) is 0 Å². The highest BCUT2D eigenvalue weighted by atomic mass is 127. The summed E-state index contributed by atoms with van der Waals surface area (Å²) in [6, 6.07) is 14.5. The lowest BCUT2D eigenvalue weighted by atomic mass is 10.1. The fraction of sp³-hybridized carbons (Fsp3) is 0.0714. The normalized spacial score (nSPS) is 10.1. The molecule has 16 heavy (non-hydrogen) atoms. The molecule has 0 atom stereocenters. The van der Waals surface area contributed by atoms with Crippen molar-refractivity contribution in [2.75, 3.05) is 0 Å². The van der Waals surface area contributed by atoms with E-state index in [1.807, 2.05) is 42.2 Å². The second kappa shape index (κ2) is 6.43. The van der Waals surface area contributed by atoms with E-state index in [-0.39, 0.29) is 24.0 Å². The van der Waals surface area contributed by atoms with E-state index in [0.717, 1.165) is 0 Å². The van der Waals surface area contributed by atoms with Gasteiger partial charge in [-0.1, -0.05) is 42.5 Å². The molecule has 0 N–H and O–H groups in total. The molecule has 1 aromatic carbocycles. The van der Waals surface area contributed by atoms with Crippen molar-refractivity contribution in [2.45, 2.75) is 0 Å². The van der Waals surface area contributed by atoms with E-state index in [2.05, 4.69) is 36.4 Å². The highest BCUT2D eigenvalue weighted by Crippen LogP contribution is 2.05. The summed E-state index contributed by atoms with van der Waals surface area (Å²) in [5.74, 6) is 0. The smallest absolute Gasteiger partial charge is 0.169 e. The molecule has 0 saturated heterocycles. The van der Waals surface area contributed by atoms with E-state index in [1.54, 1.807) is 0 Å². The number of halogens is 1. The quantitative estimate of drug-likeness (QED) is 0.527. The number of benzene rings is 1. The first-order valence-corrected chi connectivity index (χ1v) is 5.03. The van der Waals surface area contributed by atoms with Crippen molar-refractivity contribution < 1.29 is 28.5 Å². The highest BCUT2D eigenvalue weighted by Gasteiger charge is 1.90. The van der Waals surface area contributed by atoms with Gasteiger partial charge in [0.1, 0.15) is 7.05 Å². The Kier molecular flexibility index (Phi) is 5.19. The van der Waals surface area contributed by atoms with Crippen LogP contribution in [-0.2, 0) is 7.05 Å². The van der Waals surface area contributed by atoms with Crippen LogP contribution in [0.3, 0.4) is 0 Å². The van der Waals surface area contributed by atoms with Crippen molar-refractivity contribution in [3.05, 3.63) is 66.0 Å². The minimum absolute atomic E-state index is 0. The predicted octanol–water partition coefficient (Wildman–Crippen LogP) is -0.315. The SMILES string of the molecule is C[n+]1ccc(/C=C/c2ccccc2)cc1.[I-]. The molecule has 0 amide bonds. The van der Waals surface area contributed by atoms with Gasteiger partial charge >= 0.3 is 0 Å². The second-order valence-electron chi connectivity index (χ2n) is 3.54. The Morgan fingerprint density at radius 3 is 1.88 bits per heavy atom. The number of aryl methyl sites for hydroxylation is 1. The summed E-state index contributed by atoms with van der Waals surface area (Å²) in [5, 5.41) is 0. The lowest BCUT2D eigenvalue weighted by molar-refractivity contribution is -0.671. The first-order valence-electron chi connectivity index (χ1n) is 5.03. The zero-order valence-corrected chi connectivity index (χ0v) is 11.3. The molecule has 0 aliphatic carbocycles. The van der Waals surface area contributed by atoms with Gasteiger partial charge < -0.3 is 24.0 Å². The van der Waals surface area contributed by atoms with Crippen LogP contribution in [-0.4, -0.2) is 0 Å². The molecule has 82 valence electrons. The van der Waals surface area contributed by atoms with Crippen LogP contribution in [0, 0.1) is 0 Å². The van der Waals surface area contributed by atoms with Gasteiger partial charge in [-0.05, 0) is 11.1 Å². The van der Waals surface area contributed by atoms with Crippen LogP contribution in [0.4, 0.5) is 0 Å². The molecule has 2 aromatic rings. The summed E-state index contributed by atoms with van der Waals surface area (Å²) in [7, 11) is 2.02. The fourth-order valence-electron chi connectivity index (χ4n) is 1.38. The molecule has 0 bridgehead atoms. The Bertz CT molecular complexity index is 446. The first kappa shape index (κ1) is 12.9. The Hall–Kier alpha value is -1.16. The maximum atomic E-state index is 2.12. The minimum Gasteiger partial charge on any atom is -1.00 e. The number of aromatic nitrogens is 1. The molecule has 0 aliphatic rings. The topological polar surface area (TPSA) is 3.88 Å². The lowest BCUT2D eigenvalue weighted by Gasteiger charge is -1.92. The summed E-state index contributed by atoms with van der Waals surface area (Å²) in [6.07, 6.45) is 8.33. The van der Waals surface area contributed by atoms with Crippen molar-refractivity contribution in [1.29, 1.82) is 0 Å². The van der Waals surface area contributed by atoms with Crippen LogP contribution in [0.5, 0.6) is 0 Å². The summed E-state index contributed by atoms with van der Waals surface area (Å²) in [4.78, 5) is 0. The molecule has 2 heteroatoms. The Morgan fingerprint density at radius 1 is 0.812 bits per heavy atom. The molecular formula is C14H14IN. The van der Waals surface area contributed by atoms with E-state index in [9.17, 15) is 0 Å². The maximum Gasteiger partial charge on any atom is 0.169 e. The third-order valence-corrected chi connectivity index (χ3v) is 2.27. The van der Waals surface area contributed by atoms with Crippen LogP contribution >= 0.6 is 0 Å². The Labute approximate surface area is 113 Å². The van der Waals surface area contributed by atoms with E-state index in [4.69, 9.17) is 0 Å². The molecule has 0 aliphatic heterocycles. The molecule has 0 radical (unpaired) electrons. The standard InChI is InChI=1S/C14H14N.HI/c1-15-11-9-14(10-12-15)8-7-13-5-3-2-4-6-13;/h2-12H,1H3;1H/q+1;/p-1/b8-7+;. The molecule has 0 unspecified atom stereocenters. The third-order valence-electron chi connectivity index (χ3n) is 2.27. The van der Waals surface area contributed by atoms with Crippen LogP contribution in [0.15, 0.2) is 54.9 Å². The summed E-state index contributed by atoms with van der Waals surface area (Å²) in [6.45, 7) is 0. The molecule has 0 fully saturated rings. The number of rotatable bonds is 2. The van der Waals surface area contributed by atoms with E-state index in [0.29, 0.717) is 0 Å². The van der Waals surface area contributed by atoms with Gasteiger partial charge in [0.15, 0.2) is 12.4 Å². The average molecular weight is 323 g/mol. The molecule has 1 nitrogen and oxygen atoms in total. The number of nitrogens with zero attached hydrogens (tertiary/aromatic N) is 1. The van der Waals surface area contributed by atoms with Gasteiger partial charge in [0.25, 0.3) is 0 Å². The molecule has 1 aromatic heterocycles. The van der Waals surface area contributed by atoms with Gasteiger partial charge in [0, 0.05) is 12.1 Å². The maximum absolute atomic E-state index is 2.12. The second-order valence-corrected chi connectivity index (χ2v) is 3.54. The summed E-state index contributed by atoms with van der Waals surface area (Å²) >= 11 is 0. The summed E-state index contributed by atoms with van der Waals surface area (Å²) < 4.78 is 2.03. The van der Waals surface area contributed by atoms with Crippen molar-refractivity contribution in [2.24, 2.45) is 7.05 Å². The fourth-order valence-corrected chi connectivity index (χ4v) is 1.38. The van der Waals surface area contributed by atoms with Gasteiger partial charge in [0.05, 0.1) is 0 Å². The number of hydrogen-bond donors (Lipinski definition) is 0. The van der Waals surface area contributed by atoms with Crippen molar-refractivity contribution in [3.63, 3.8) is 0 Å². The highest BCUT2D eigenvalue weighted by molar-refractivity contribution is 5.68. The zero-order chi connectivity index (χ0) is 10.5. The largest absolute Gasteiger partial charge is 1.00 e. The number of pyridine rings is 1. The van der Waals surface area contributed by atoms with Crippen LogP contribution < -0.4 is 28.5 Å². The zero-order valence-electron chi connectivity index (χ0n) is 9.18. The van der Waals surface area contributed by atoms with E-state index >= 15 is 0 Å². The minimum atomic E-state index is 0. The molecule has 2 rings (SSSR count). The number of hydrogen-bond acceptors (Lipinski definition) is 0. The predicted molar refractivity (Wildman–Crippen MR) is 63.0 cm³/mol. The van der Waals surface area contributed by atoms with E-state index < -0.39 is 0 Å². The molecule has 0 saturated carbocycles. The van der Waals surface area contributed by atoms with Gasteiger partial charge in [0.2, 0.25) is 0 Å². The van der Waals surface area contributed by atoms with Gasteiger partial charge in [-0.15, -0.1) is 0 Å². The van der Waals surface area contributed by atoms with Crippen LogP contribution in [0.25, 0.3) is 12.2 Å². The van der Waals surface area contributed by atoms with Crippen molar-refractivity contribution >= 4 is 12.2 Å². The molecule has 1 heterocycles. The summed E-state index contributed by atoms with van der Waals surface area (Å²) in [5.41, 5.74) is 2.45. The van der Waals surface area contributed by atoms with Crippen LogP contribution in [0.1, 0.15) is 11.1 Å². The lowest BCUT2D eigenvalue weighted by Crippen LogP contribution is -3.00. The van der Waals surface area contributed by atoms with E-state index in [1.165, 1.54) is 11.1 Å². The Morgan fingerprint density at radius 2 is 1.31 bits per heavy atom. The Balaban J connectivity index is 0.00000128. The van der Waals surface area contributed by atoms with Gasteiger partial charge in [-0.25, -0.2) is 4.57 Å². The third kappa shape index (κ3) is 3.77. The van der Waals surface area contributed by atoms with Crippen molar-refractivity contribution in [3.8, 4) is 0 Å². The van der Waals surface area contributed by atoms with Crippen molar-refractivity contribution in [1.82, 2.24) is 0 Å². The molecule has 0 spiro atoms. The first-order chi connectivity index (χ1) is 7.34.